The van der Waals surface area contributed by atoms with Gasteiger partial charge in [-0.15, -0.1) is 0 Å². The van der Waals surface area contributed by atoms with E-state index in [0.717, 1.165) is 0 Å². The number of hydrogen-bond donors (Lipinski definition) is 0. The maximum Gasteiger partial charge on any atom is 4.00 e. The molecule has 5 N–H and O–H groups in total. The van der Waals surface area contributed by atoms with Crippen molar-refractivity contribution in [3.63, 3.8) is 0 Å². The molecule has 0 saturated carbocycles. The molecule has 7 heteroatoms. The van der Waals surface area contributed by atoms with Gasteiger partial charge >= 0.3 is 50.0 Å². The first-order valence-corrected chi connectivity index (χ1v) is 0. The summed E-state index contributed by atoms with van der Waals surface area (Å²) in [7, 11) is 0. The van der Waals surface area contributed by atoms with Crippen molar-refractivity contribution in [3.05, 3.63) is 0 Å². The molecule has 0 aromatic rings. The summed E-state index contributed by atoms with van der Waals surface area (Å²) in [4.78, 5) is 0. The zero-order valence-electron chi connectivity index (χ0n) is 3.61. The van der Waals surface area contributed by atoms with Crippen LogP contribution in [0.15, 0.2) is 0 Å². The standard InChI is InChI=1S/Na.5H2O.Re/h;5*1H2;/q+1;;;;;;+4/p-5. The molecule has 0 amide bonds. The molecule has 0 aromatic heterocycles. The Morgan fingerprint density at radius 3 is 0.429 bits per heavy atom. The summed E-state index contributed by atoms with van der Waals surface area (Å²) in [5.41, 5.74) is 0. The first kappa shape index (κ1) is 220. The third kappa shape index (κ3) is 104. The van der Waals surface area contributed by atoms with Crippen molar-refractivity contribution < 1.29 is 77.4 Å². The van der Waals surface area contributed by atoms with E-state index in [4.69, 9.17) is 0 Å². The normalized spacial score (nSPS) is 0. The summed E-state index contributed by atoms with van der Waals surface area (Å²) in [6.45, 7) is 0. The fourth-order valence-corrected chi connectivity index (χ4v) is 0. The van der Waals surface area contributed by atoms with Gasteiger partial charge in [0.05, 0.1) is 0 Å². The molecule has 0 aromatic carbocycles. The Labute approximate surface area is 77.0 Å². The molecular formula is H5NaO5Re. The summed E-state index contributed by atoms with van der Waals surface area (Å²) in [5, 5.41) is 0. The van der Waals surface area contributed by atoms with Crippen LogP contribution in [0.2, 0.25) is 0 Å². The van der Waals surface area contributed by atoms with E-state index in [9.17, 15) is 0 Å². The van der Waals surface area contributed by atoms with Gasteiger partial charge < -0.3 is 27.4 Å². The first-order chi connectivity index (χ1) is 0. The second-order valence-electron chi connectivity index (χ2n) is 0. The zero-order valence-corrected chi connectivity index (χ0v) is 8.33. The quantitative estimate of drug-likeness (QED) is 0.418. The predicted octanol–water partition coefficient (Wildman–Crippen LogP) is -3.88. The van der Waals surface area contributed by atoms with Crippen molar-refractivity contribution in [2.24, 2.45) is 0 Å². The van der Waals surface area contributed by atoms with E-state index in [1.165, 1.54) is 0 Å². The molecule has 0 atom stereocenters. The Hall–Kier alpha value is 1.46. The summed E-state index contributed by atoms with van der Waals surface area (Å²) >= 11 is 0. The topological polar surface area (TPSA) is 150 Å². The minimum absolute atomic E-state index is 0. The minimum Gasteiger partial charge on any atom is -0.870 e. The van der Waals surface area contributed by atoms with Gasteiger partial charge in [-0.25, -0.2) is 0 Å². The Balaban J connectivity index is 0. The van der Waals surface area contributed by atoms with Gasteiger partial charge in [0.2, 0.25) is 0 Å². The van der Waals surface area contributed by atoms with Crippen LogP contribution in [0.5, 0.6) is 0 Å². The number of rotatable bonds is 0. The van der Waals surface area contributed by atoms with Crippen LogP contribution >= 0.6 is 0 Å². The molecule has 1 radical (unpaired) electrons. The van der Waals surface area contributed by atoms with Gasteiger partial charge in [-0.05, 0) is 0 Å². The fourth-order valence-electron chi connectivity index (χ4n) is 0. The molecule has 0 rings (SSSR count). The smallest absolute Gasteiger partial charge is 0.870 e. The largest absolute Gasteiger partial charge is 4.00 e. The van der Waals surface area contributed by atoms with Gasteiger partial charge in [0, 0.05) is 0 Å². The van der Waals surface area contributed by atoms with Gasteiger partial charge in [-0.1, -0.05) is 0 Å². The van der Waals surface area contributed by atoms with Crippen LogP contribution in [-0.2, 0) is 20.4 Å². The van der Waals surface area contributed by atoms with E-state index in [0.29, 0.717) is 0 Å². The third-order valence-electron chi connectivity index (χ3n) is 0. The first-order valence-electron chi connectivity index (χ1n) is 0. The molecule has 0 aliphatic rings. The average molecular weight is 294 g/mol. The minimum atomic E-state index is 0. The Morgan fingerprint density at radius 2 is 0.429 bits per heavy atom. The van der Waals surface area contributed by atoms with Crippen molar-refractivity contribution in [1.82, 2.24) is 0 Å². The molecule has 5 nitrogen and oxygen atoms in total. The molecule has 0 heterocycles. The van der Waals surface area contributed by atoms with Crippen LogP contribution in [-0.4, -0.2) is 27.4 Å². The van der Waals surface area contributed by atoms with Crippen LogP contribution in [0.1, 0.15) is 0 Å². The van der Waals surface area contributed by atoms with Crippen molar-refractivity contribution in [1.29, 1.82) is 0 Å². The van der Waals surface area contributed by atoms with Crippen LogP contribution in [0.4, 0.5) is 0 Å². The summed E-state index contributed by atoms with van der Waals surface area (Å²) in [6.07, 6.45) is 0. The van der Waals surface area contributed by atoms with Crippen molar-refractivity contribution in [3.8, 4) is 0 Å². The molecular weight excluding hydrogens is 289 g/mol. The van der Waals surface area contributed by atoms with Gasteiger partial charge in [-0.3, -0.25) is 0 Å². The Kier molecular flexibility index (Phi) is 4590. The van der Waals surface area contributed by atoms with Crippen molar-refractivity contribution in [2.45, 2.75) is 0 Å². The van der Waals surface area contributed by atoms with Crippen molar-refractivity contribution >= 4 is 0 Å². The summed E-state index contributed by atoms with van der Waals surface area (Å²) < 4.78 is 0. The second kappa shape index (κ2) is 146. The van der Waals surface area contributed by atoms with Gasteiger partial charge in [0.15, 0.2) is 0 Å². The molecule has 0 aliphatic carbocycles. The van der Waals surface area contributed by atoms with E-state index < -0.39 is 0 Å². The molecule has 0 spiro atoms. The average Bonchev–Trinajstić information content (AvgIpc) is 0. The molecule has 7 heavy (non-hydrogen) atoms. The fraction of sp³-hybridized carbons (Fsp3) is 0. The summed E-state index contributed by atoms with van der Waals surface area (Å²) in [5.74, 6) is 0. The molecule has 0 unspecified atom stereocenters. The molecule has 0 aliphatic heterocycles. The number of hydrogen-bond acceptors (Lipinski definition) is 5. The van der Waals surface area contributed by atoms with Crippen LogP contribution in [0, 0.1) is 0 Å². The predicted molar refractivity (Wildman–Crippen MR) is 9.68 cm³/mol. The van der Waals surface area contributed by atoms with Crippen LogP contribution in [0.3, 0.4) is 0 Å². The second-order valence-corrected chi connectivity index (χ2v) is 0. The van der Waals surface area contributed by atoms with Crippen molar-refractivity contribution in [2.75, 3.05) is 0 Å². The SMILES string of the molecule is [Na+].[OH-].[OH-].[OH-].[OH-].[OH-].[Re+4]. The van der Waals surface area contributed by atoms with E-state index in [1.54, 1.807) is 0 Å². The Morgan fingerprint density at radius 1 is 0.429 bits per heavy atom. The third-order valence-corrected chi connectivity index (χ3v) is 0. The van der Waals surface area contributed by atoms with Gasteiger partial charge in [0.25, 0.3) is 0 Å². The monoisotopic (exact) mass is 295 g/mol. The maximum absolute atomic E-state index is 0. The Bertz CT molecular complexity index is 8.04. The van der Waals surface area contributed by atoms with E-state index >= 15 is 0 Å². The molecule has 43 valence electrons. The maximum atomic E-state index is 0. The molecule has 0 fully saturated rings. The van der Waals surface area contributed by atoms with E-state index in [-0.39, 0.29) is 77.4 Å². The molecule has 0 bridgehead atoms. The van der Waals surface area contributed by atoms with E-state index in [2.05, 4.69) is 0 Å². The van der Waals surface area contributed by atoms with Gasteiger partial charge in [0.1, 0.15) is 0 Å². The van der Waals surface area contributed by atoms with Crippen LogP contribution < -0.4 is 29.6 Å². The van der Waals surface area contributed by atoms with Crippen LogP contribution in [0.25, 0.3) is 0 Å². The van der Waals surface area contributed by atoms with E-state index in [1.807, 2.05) is 0 Å². The summed E-state index contributed by atoms with van der Waals surface area (Å²) in [6, 6.07) is 0. The molecule has 0 saturated heterocycles. The zero-order chi connectivity index (χ0) is 0. The van der Waals surface area contributed by atoms with Gasteiger partial charge in [-0.2, -0.15) is 0 Å².